The van der Waals surface area contributed by atoms with E-state index in [9.17, 15) is 4.79 Å². The highest BCUT2D eigenvalue weighted by Gasteiger charge is 2.28. The molecule has 3 heterocycles. The SMILES string of the molecule is CNC(C(=O)NC1CCN(c2ncccc2Cl)C1)c1cnn(C)c1. The summed E-state index contributed by atoms with van der Waals surface area (Å²) in [5, 5.41) is 10.9. The molecule has 128 valence electrons. The van der Waals surface area contributed by atoms with Crippen LogP contribution >= 0.6 is 11.6 Å². The predicted octanol–water partition coefficient (Wildman–Crippen LogP) is 1.12. The highest BCUT2D eigenvalue weighted by atomic mass is 35.5. The first-order valence-electron chi connectivity index (χ1n) is 7.90. The van der Waals surface area contributed by atoms with Crippen LogP contribution < -0.4 is 15.5 Å². The Balaban J connectivity index is 1.62. The second-order valence-electron chi connectivity index (χ2n) is 5.92. The maximum Gasteiger partial charge on any atom is 0.242 e. The number of likely N-dealkylation sites (N-methyl/N-ethyl adjacent to an activating group) is 1. The maximum absolute atomic E-state index is 12.6. The minimum absolute atomic E-state index is 0.0514. The van der Waals surface area contributed by atoms with E-state index >= 15 is 0 Å². The molecule has 8 heteroatoms. The lowest BCUT2D eigenvalue weighted by Gasteiger charge is -2.20. The van der Waals surface area contributed by atoms with Crippen LogP contribution in [-0.4, -0.2) is 46.9 Å². The summed E-state index contributed by atoms with van der Waals surface area (Å²) in [6.45, 7) is 1.52. The molecular weight excluding hydrogens is 328 g/mol. The Morgan fingerprint density at radius 2 is 2.33 bits per heavy atom. The Morgan fingerprint density at radius 1 is 1.50 bits per heavy atom. The third-order valence-corrected chi connectivity index (χ3v) is 4.48. The van der Waals surface area contributed by atoms with Gasteiger partial charge in [0.15, 0.2) is 0 Å². The van der Waals surface area contributed by atoms with Crippen molar-refractivity contribution in [2.45, 2.75) is 18.5 Å². The third-order valence-electron chi connectivity index (χ3n) is 4.18. The van der Waals surface area contributed by atoms with E-state index in [1.165, 1.54) is 0 Å². The molecule has 0 radical (unpaired) electrons. The van der Waals surface area contributed by atoms with E-state index in [0.717, 1.165) is 24.3 Å². The van der Waals surface area contributed by atoms with Crippen molar-refractivity contribution in [1.82, 2.24) is 25.4 Å². The molecule has 0 aliphatic carbocycles. The standard InChI is InChI=1S/C16H21ClN6O/c1-18-14(11-8-20-22(2)9-11)16(24)21-12-5-7-23(10-12)15-13(17)4-3-6-19-15/h3-4,6,8-9,12,14,18H,5,7,10H2,1-2H3,(H,21,24). The number of halogens is 1. The summed E-state index contributed by atoms with van der Waals surface area (Å²) in [6, 6.07) is 3.30. The third kappa shape index (κ3) is 3.52. The smallest absolute Gasteiger partial charge is 0.242 e. The Hall–Kier alpha value is -2.12. The molecule has 0 saturated carbocycles. The van der Waals surface area contributed by atoms with E-state index in [1.807, 2.05) is 25.4 Å². The molecule has 24 heavy (non-hydrogen) atoms. The quantitative estimate of drug-likeness (QED) is 0.847. The fourth-order valence-electron chi connectivity index (χ4n) is 3.00. The van der Waals surface area contributed by atoms with Crippen LogP contribution in [0.5, 0.6) is 0 Å². The van der Waals surface area contributed by atoms with Crippen molar-refractivity contribution < 1.29 is 4.79 Å². The Morgan fingerprint density at radius 3 is 3.00 bits per heavy atom. The molecule has 2 atom stereocenters. The molecule has 1 fully saturated rings. The number of pyridine rings is 1. The number of rotatable bonds is 5. The number of anilines is 1. The molecule has 1 aliphatic rings. The number of hydrogen-bond donors (Lipinski definition) is 2. The molecule has 7 nitrogen and oxygen atoms in total. The fraction of sp³-hybridized carbons (Fsp3) is 0.438. The number of carbonyl (C=O) groups is 1. The summed E-state index contributed by atoms with van der Waals surface area (Å²) in [5.74, 6) is 0.720. The summed E-state index contributed by atoms with van der Waals surface area (Å²) in [4.78, 5) is 19.0. The van der Waals surface area contributed by atoms with Crippen LogP contribution in [-0.2, 0) is 11.8 Å². The van der Waals surface area contributed by atoms with Gasteiger partial charge in [0, 0.05) is 44.1 Å². The molecule has 1 aliphatic heterocycles. The highest BCUT2D eigenvalue weighted by molar-refractivity contribution is 6.32. The average Bonchev–Trinajstić information content (AvgIpc) is 3.18. The van der Waals surface area contributed by atoms with Gasteiger partial charge in [0.2, 0.25) is 5.91 Å². The van der Waals surface area contributed by atoms with E-state index in [2.05, 4.69) is 25.6 Å². The number of nitrogens with one attached hydrogen (secondary N) is 2. The van der Waals surface area contributed by atoms with Crippen molar-refractivity contribution in [3.8, 4) is 0 Å². The van der Waals surface area contributed by atoms with Crippen molar-refractivity contribution in [2.75, 3.05) is 25.0 Å². The van der Waals surface area contributed by atoms with E-state index in [0.29, 0.717) is 11.6 Å². The monoisotopic (exact) mass is 348 g/mol. The fourth-order valence-corrected chi connectivity index (χ4v) is 3.24. The van der Waals surface area contributed by atoms with Gasteiger partial charge in [0.05, 0.1) is 11.2 Å². The van der Waals surface area contributed by atoms with Gasteiger partial charge >= 0.3 is 0 Å². The Bertz CT molecular complexity index is 718. The predicted molar refractivity (Wildman–Crippen MR) is 93.0 cm³/mol. The Labute approximate surface area is 146 Å². The summed E-state index contributed by atoms with van der Waals surface area (Å²) < 4.78 is 1.69. The topological polar surface area (TPSA) is 75.1 Å². The number of carbonyl (C=O) groups excluding carboxylic acids is 1. The van der Waals surface area contributed by atoms with Gasteiger partial charge in [-0.15, -0.1) is 0 Å². The van der Waals surface area contributed by atoms with Crippen molar-refractivity contribution >= 4 is 23.3 Å². The van der Waals surface area contributed by atoms with Crippen molar-refractivity contribution in [1.29, 1.82) is 0 Å². The first-order valence-corrected chi connectivity index (χ1v) is 8.28. The summed E-state index contributed by atoms with van der Waals surface area (Å²) in [5.41, 5.74) is 0.847. The summed E-state index contributed by atoms with van der Waals surface area (Å²) >= 11 is 6.20. The molecule has 0 spiro atoms. The average molecular weight is 349 g/mol. The molecule has 3 rings (SSSR count). The van der Waals surface area contributed by atoms with Crippen LogP contribution in [0.3, 0.4) is 0 Å². The van der Waals surface area contributed by atoms with Crippen molar-refractivity contribution in [3.63, 3.8) is 0 Å². The molecule has 1 saturated heterocycles. The lowest BCUT2D eigenvalue weighted by Crippen LogP contribution is -2.43. The van der Waals surface area contributed by atoms with E-state index in [4.69, 9.17) is 11.6 Å². The molecular formula is C16H21ClN6O. The molecule has 0 aromatic carbocycles. The summed E-state index contributed by atoms with van der Waals surface area (Å²) in [7, 11) is 3.60. The Kier molecular flexibility index (Phi) is 5.01. The molecule has 0 bridgehead atoms. The first-order chi connectivity index (χ1) is 11.6. The molecule has 1 amide bonds. The zero-order valence-corrected chi connectivity index (χ0v) is 14.5. The minimum Gasteiger partial charge on any atom is -0.353 e. The minimum atomic E-state index is -0.411. The van der Waals surface area contributed by atoms with Gasteiger partial charge in [-0.3, -0.25) is 9.48 Å². The van der Waals surface area contributed by atoms with Crippen molar-refractivity contribution in [3.05, 3.63) is 41.3 Å². The van der Waals surface area contributed by atoms with Gasteiger partial charge < -0.3 is 15.5 Å². The van der Waals surface area contributed by atoms with Gasteiger partial charge in [-0.2, -0.15) is 5.10 Å². The van der Waals surface area contributed by atoms with Gasteiger partial charge in [0.1, 0.15) is 11.9 Å². The first kappa shape index (κ1) is 16.7. The van der Waals surface area contributed by atoms with Crippen LogP contribution in [0, 0.1) is 0 Å². The van der Waals surface area contributed by atoms with E-state index in [-0.39, 0.29) is 11.9 Å². The van der Waals surface area contributed by atoms with Gasteiger partial charge in [-0.25, -0.2) is 4.98 Å². The number of hydrogen-bond acceptors (Lipinski definition) is 5. The molecule has 2 N–H and O–H groups in total. The van der Waals surface area contributed by atoms with Crippen LogP contribution in [0.1, 0.15) is 18.0 Å². The molecule has 2 aromatic rings. The zero-order chi connectivity index (χ0) is 17.1. The second-order valence-corrected chi connectivity index (χ2v) is 6.33. The summed E-state index contributed by atoms with van der Waals surface area (Å²) in [6.07, 6.45) is 6.14. The normalized spacial score (nSPS) is 18.6. The lowest BCUT2D eigenvalue weighted by molar-refractivity contribution is -0.123. The van der Waals surface area contributed by atoms with Crippen LogP contribution in [0.25, 0.3) is 0 Å². The maximum atomic E-state index is 12.6. The number of aryl methyl sites for hydroxylation is 1. The molecule has 2 aromatic heterocycles. The number of nitrogens with zero attached hydrogens (tertiary/aromatic N) is 4. The van der Waals surface area contributed by atoms with Crippen LogP contribution in [0.4, 0.5) is 5.82 Å². The van der Waals surface area contributed by atoms with Crippen LogP contribution in [0.2, 0.25) is 5.02 Å². The highest BCUT2D eigenvalue weighted by Crippen LogP contribution is 2.26. The molecule has 2 unspecified atom stereocenters. The number of amides is 1. The van der Waals surface area contributed by atoms with Gasteiger partial charge in [-0.1, -0.05) is 11.6 Å². The van der Waals surface area contributed by atoms with E-state index < -0.39 is 6.04 Å². The van der Waals surface area contributed by atoms with Crippen LogP contribution in [0.15, 0.2) is 30.7 Å². The van der Waals surface area contributed by atoms with E-state index in [1.54, 1.807) is 24.1 Å². The van der Waals surface area contributed by atoms with Crippen molar-refractivity contribution in [2.24, 2.45) is 7.05 Å². The second kappa shape index (κ2) is 7.19. The lowest BCUT2D eigenvalue weighted by atomic mass is 10.1. The van der Waals surface area contributed by atoms with Gasteiger partial charge in [0.25, 0.3) is 0 Å². The largest absolute Gasteiger partial charge is 0.353 e. The number of aromatic nitrogens is 3. The van der Waals surface area contributed by atoms with Gasteiger partial charge in [-0.05, 0) is 25.6 Å². The zero-order valence-electron chi connectivity index (χ0n) is 13.7.